The summed E-state index contributed by atoms with van der Waals surface area (Å²) in [5, 5.41) is 0. The summed E-state index contributed by atoms with van der Waals surface area (Å²) < 4.78 is 87.1. The maximum Gasteiger partial charge on any atom is 0.311 e. The molecule has 1 N–H and O–H groups in total. The van der Waals surface area contributed by atoms with Gasteiger partial charge in [-0.15, -0.1) is 0 Å². The van der Waals surface area contributed by atoms with E-state index in [0.29, 0.717) is 107 Å². The number of nitrogens with zero attached hydrogens (tertiary/aromatic N) is 2. The lowest BCUT2D eigenvalue weighted by Gasteiger charge is -2.46. The molecule has 0 aromatic heterocycles. The summed E-state index contributed by atoms with van der Waals surface area (Å²) in [4.78, 5) is 26.3. The molecule has 418 valence electrons. The Morgan fingerprint density at radius 1 is 0.494 bits per heavy atom. The third-order valence-corrected chi connectivity index (χ3v) is 15.9. The van der Waals surface area contributed by atoms with Crippen molar-refractivity contribution in [2.24, 2.45) is 0 Å². The van der Waals surface area contributed by atoms with E-state index in [0.717, 1.165) is 56.3 Å². The molecule has 2 aliphatic rings. The van der Waals surface area contributed by atoms with Crippen LogP contribution in [0.2, 0.25) is 0 Å². The second-order valence-corrected chi connectivity index (χ2v) is 21.2. The maximum atomic E-state index is 13.2. The Morgan fingerprint density at radius 3 is 1.21 bits per heavy atom. The normalized spacial score (nSPS) is 18.5. The summed E-state index contributed by atoms with van der Waals surface area (Å²) in [5.74, 6) is 5.06. The van der Waals surface area contributed by atoms with Crippen LogP contribution in [0.3, 0.4) is 0 Å². The third-order valence-electron chi connectivity index (χ3n) is 15.1. The molecule has 7 rings (SSSR count). The smallest absolute Gasteiger partial charge is 0.311 e. The molecule has 0 saturated heterocycles. The van der Waals surface area contributed by atoms with E-state index in [1.165, 1.54) is 34.4 Å². The molecular weight excluding hydrogens is 1010 g/mol. The molecule has 0 fully saturated rings. The first-order chi connectivity index (χ1) is 37.0. The summed E-state index contributed by atoms with van der Waals surface area (Å²) in [6, 6.07) is 27.9. The van der Waals surface area contributed by atoms with Gasteiger partial charge < -0.3 is 56.3 Å². The van der Waals surface area contributed by atoms with E-state index in [-0.39, 0.29) is 28.9 Å². The molecule has 17 nitrogen and oxygen atoms in total. The van der Waals surface area contributed by atoms with Crippen molar-refractivity contribution < 1.29 is 78.9 Å². The topological polar surface area (TPSA) is 181 Å². The monoisotopic (exact) mass is 1090 g/mol. The zero-order valence-electron chi connectivity index (χ0n) is 46.4. The van der Waals surface area contributed by atoms with Gasteiger partial charge in [0.25, 0.3) is 10.1 Å². The van der Waals surface area contributed by atoms with Gasteiger partial charge in [0.05, 0.1) is 128 Å². The van der Waals surface area contributed by atoms with Crippen LogP contribution in [-0.2, 0) is 54.9 Å². The van der Waals surface area contributed by atoms with Gasteiger partial charge in [-0.3, -0.25) is 14.1 Å². The highest BCUT2D eigenvalue weighted by Gasteiger charge is 2.42. The Bertz CT molecular complexity index is 2720. The molecule has 2 aliphatic heterocycles. The Balaban J connectivity index is 0.000000861. The fourth-order valence-corrected chi connectivity index (χ4v) is 11.0. The number of esters is 2. The van der Waals surface area contributed by atoms with Gasteiger partial charge in [-0.25, -0.2) is 0 Å². The van der Waals surface area contributed by atoms with Gasteiger partial charge in [-0.2, -0.15) is 8.42 Å². The van der Waals surface area contributed by atoms with E-state index in [9.17, 15) is 18.0 Å². The van der Waals surface area contributed by atoms with Crippen molar-refractivity contribution in [3.05, 3.63) is 124 Å². The highest BCUT2D eigenvalue weighted by molar-refractivity contribution is 7.85. The van der Waals surface area contributed by atoms with Crippen LogP contribution in [-0.4, -0.2) is 144 Å². The molecule has 5 aromatic rings. The minimum absolute atomic E-state index is 0.0393. The van der Waals surface area contributed by atoms with Crippen molar-refractivity contribution in [1.29, 1.82) is 0 Å². The van der Waals surface area contributed by atoms with Crippen LogP contribution < -0.4 is 37.9 Å². The largest absolute Gasteiger partial charge is 0.493 e. The number of carbonyl (C=O) groups is 2. The zero-order chi connectivity index (χ0) is 55.8. The van der Waals surface area contributed by atoms with Gasteiger partial charge in [0, 0.05) is 36.8 Å². The fourth-order valence-electron chi connectivity index (χ4n) is 10.5. The van der Waals surface area contributed by atoms with E-state index < -0.39 is 10.1 Å². The van der Waals surface area contributed by atoms with Crippen LogP contribution in [0.4, 0.5) is 0 Å². The number of ether oxygens (including phenoxy) is 10. The highest BCUT2D eigenvalue weighted by Crippen LogP contribution is 2.45. The minimum Gasteiger partial charge on any atom is -0.493 e. The second kappa shape index (κ2) is 27.5. The summed E-state index contributed by atoms with van der Waals surface area (Å²) in [7, 11) is 13.6. The standard InChI is InChI=1S/C53H72N2O12.C6H6O3S/c1-54(22-18-38-32-48(62-7)50(64-9)34-40(38)42(54)28-36-14-16-44(58-3)46(30-36)60-5)24-20-52(56)66-26-12-11-13-27-67-53(57)21-25-55(2)23-19-39-33-49(63-8)51(65-10)35-41(39)43(55)29-37-15-17-45(59-4)47(31-37)61-6;7-10(8,9)6-4-2-1-3-5-6/h14-17,30-35,42-43H,11-13,18-29H2,1-10H3;1-5H,(H,7,8,9)/q+2;. The first kappa shape index (κ1) is 59.5. The van der Waals surface area contributed by atoms with Gasteiger partial charge in [0.15, 0.2) is 46.0 Å². The molecular formula is C59H78N2O15S+2. The Morgan fingerprint density at radius 2 is 0.857 bits per heavy atom. The highest BCUT2D eigenvalue weighted by atomic mass is 32.2. The Hall–Kier alpha value is -6.73. The number of methoxy groups -OCH3 is 8. The first-order valence-electron chi connectivity index (χ1n) is 25.9. The number of hydrogen-bond acceptors (Lipinski definition) is 14. The van der Waals surface area contributed by atoms with Crippen molar-refractivity contribution in [3.63, 3.8) is 0 Å². The van der Waals surface area contributed by atoms with E-state index in [1.54, 1.807) is 75.1 Å². The summed E-state index contributed by atoms with van der Waals surface area (Å²) in [6.45, 7) is 3.57. The lowest BCUT2D eigenvalue weighted by atomic mass is 9.86. The number of rotatable bonds is 25. The van der Waals surface area contributed by atoms with Crippen LogP contribution in [0.1, 0.15) is 77.6 Å². The molecule has 0 spiro atoms. The number of carbonyl (C=O) groups excluding carboxylic acids is 2. The van der Waals surface area contributed by atoms with Crippen molar-refractivity contribution in [2.45, 2.75) is 74.8 Å². The van der Waals surface area contributed by atoms with E-state index in [1.807, 2.05) is 24.3 Å². The molecule has 18 heteroatoms. The first-order valence-corrected chi connectivity index (χ1v) is 27.3. The van der Waals surface area contributed by atoms with Crippen molar-refractivity contribution >= 4 is 22.1 Å². The van der Waals surface area contributed by atoms with Crippen LogP contribution in [0.15, 0.2) is 95.9 Å². The molecule has 0 bridgehead atoms. The predicted octanol–water partition coefficient (Wildman–Crippen LogP) is 9.00. The van der Waals surface area contributed by atoms with Crippen molar-refractivity contribution in [2.75, 3.05) is 110 Å². The lowest BCUT2D eigenvalue weighted by molar-refractivity contribution is -0.940. The van der Waals surface area contributed by atoms with Gasteiger partial charge in [-0.1, -0.05) is 30.3 Å². The van der Waals surface area contributed by atoms with Crippen LogP contribution >= 0.6 is 0 Å². The summed E-state index contributed by atoms with van der Waals surface area (Å²) >= 11 is 0. The van der Waals surface area contributed by atoms with Crippen LogP contribution in [0.25, 0.3) is 0 Å². The average molecular weight is 1090 g/mol. The van der Waals surface area contributed by atoms with E-state index in [2.05, 4.69) is 50.5 Å². The third kappa shape index (κ3) is 15.3. The number of quaternary nitrogens is 2. The molecule has 2 heterocycles. The SMILES string of the molecule is COc1ccc(CC2c3cc(OC)c(OC)cc3CC[N+]2(C)CCC(=O)OCCCCCOC(=O)CC[N+]2(C)CCc3cc(OC)c(OC)cc3C2Cc2ccc(OC)c(OC)c2)cc1OC.O=S(=O)(O)c1ccccc1. The lowest BCUT2D eigenvalue weighted by Crippen LogP contribution is -2.53. The number of benzene rings is 5. The molecule has 0 saturated carbocycles. The predicted molar refractivity (Wildman–Crippen MR) is 292 cm³/mol. The molecule has 0 amide bonds. The van der Waals surface area contributed by atoms with Gasteiger partial charge >= 0.3 is 11.9 Å². The van der Waals surface area contributed by atoms with Crippen molar-refractivity contribution in [1.82, 2.24) is 0 Å². The fraction of sp³-hybridized carbons (Fsp3) is 0.458. The van der Waals surface area contributed by atoms with Crippen molar-refractivity contribution in [3.8, 4) is 46.0 Å². The maximum absolute atomic E-state index is 13.2. The molecule has 4 atom stereocenters. The van der Waals surface area contributed by atoms with Gasteiger partial charge in [0.2, 0.25) is 0 Å². The number of likely N-dealkylation sites (N-methyl/N-ethyl adjacent to an activating group) is 2. The Labute approximate surface area is 454 Å². The molecule has 77 heavy (non-hydrogen) atoms. The quantitative estimate of drug-likeness (QED) is 0.0253. The molecule has 0 radical (unpaired) electrons. The molecule has 5 aromatic carbocycles. The average Bonchev–Trinajstić information content (AvgIpc) is 3.46. The number of unbranched alkanes of at least 4 members (excludes halogenated alkanes) is 2. The molecule has 4 unspecified atom stereocenters. The zero-order valence-corrected chi connectivity index (χ0v) is 47.2. The van der Waals surface area contributed by atoms with Gasteiger partial charge in [-0.05, 0) is 102 Å². The summed E-state index contributed by atoms with van der Waals surface area (Å²) in [6.07, 6.45) is 5.85. The number of fused-ring (bicyclic) bond motifs is 2. The summed E-state index contributed by atoms with van der Waals surface area (Å²) in [5.41, 5.74) is 7.00. The molecule has 0 aliphatic carbocycles. The van der Waals surface area contributed by atoms with Gasteiger partial charge in [0.1, 0.15) is 12.1 Å². The van der Waals surface area contributed by atoms with E-state index in [4.69, 9.17) is 51.9 Å². The Kier molecular flexibility index (Phi) is 21.3. The van der Waals surface area contributed by atoms with E-state index >= 15 is 0 Å². The van der Waals surface area contributed by atoms with Crippen LogP contribution in [0, 0.1) is 0 Å². The second-order valence-electron chi connectivity index (χ2n) is 19.8. The number of hydrogen-bond donors (Lipinski definition) is 1. The van der Waals surface area contributed by atoms with Crippen LogP contribution in [0.5, 0.6) is 46.0 Å². The minimum atomic E-state index is -4.00.